The Kier molecular flexibility index (Phi) is 6.49. The van der Waals surface area contributed by atoms with Gasteiger partial charge in [-0.2, -0.15) is 0 Å². The number of hydrogen-bond donors (Lipinski definition) is 0. The maximum Gasteiger partial charge on any atom is 0.410 e. The lowest BCUT2D eigenvalue weighted by Gasteiger charge is -2.27. The fourth-order valence-corrected chi connectivity index (χ4v) is 1.77. The molecule has 1 amide bonds. The van der Waals surface area contributed by atoms with Gasteiger partial charge >= 0.3 is 6.09 Å². The molecule has 0 fully saturated rings. The molecule has 20 heavy (non-hydrogen) atoms. The van der Waals surface area contributed by atoms with Gasteiger partial charge in [-0.1, -0.05) is 19.4 Å². The second-order valence-corrected chi connectivity index (χ2v) is 5.89. The van der Waals surface area contributed by atoms with Crippen LogP contribution >= 0.6 is 0 Å². The average molecular weight is 278 g/mol. The van der Waals surface area contributed by atoms with Crippen molar-refractivity contribution in [1.82, 2.24) is 9.88 Å². The van der Waals surface area contributed by atoms with Crippen molar-refractivity contribution in [2.75, 3.05) is 13.1 Å². The molecule has 0 aliphatic rings. The Morgan fingerprint density at radius 2 is 2.05 bits per heavy atom. The van der Waals surface area contributed by atoms with Crippen LogP contribution in [0.5, 0.6) is 0 Å². The Balaban J connectivity index is 2.57. The van der Waals surface area contributed by atoms with Crippen molar-refractivity contribution in [3.8, 4) is 0 Å². The minimum atomic E-state index is -0.452. The highest BCUT2D eigenvalue weighted by atomic mass is 16.6. The first kappa shape index (κ1) is 16.5. The van der Waals surface area contributed by atoms with Gasteiger partial charge in [0.25, 0.3) is 0 Å². The summed E-state index contributed by atoms with van der Waals surface area (Å²) in [5.41, 5.74) is 0.546. The monoisotopic (exact) mass is 278 g/mol. The molecule has 4 heteroatoms. The summed E-state index contributed by atoms with van der Waals surface area (Å²) < 4.78 is 5.45. The molecule has 1 rings (SSSR count). The summed E-state index contributed by atoms with van der Waals surface area (Å²) in [4.78, 5) is 18.2. The van der Waals surface area contributed by atoms with Gasteiger partial charge in [0.05, 0.1) is 0 Å². The van der Waals surface area contributed by atoms with Gasteiger partial charge in [0, 0.05) is 31.4 Å². The third-order valence-corrected chi connectivity index (χ3v) is 2.80. The molecule has 1 heterocycles. The van der Waals surface area contributed by atoms with Crippen LogP contribution in [0.3, 0.4) is 0 Å². The second-order valence-electron chi connectivity index (χ2n) is 5.89. The fourth-order valence-electron chi connectivity index (χ4n) is 1.77. The van der Waals surface area contributed by atoms with E-state index >= 15 is 0 Å². The Hall–Kier alpha value is -1.58. The quantitative estimate of drug-likeness (QED) is 0.797. The summed E-state index contributed by atoms with van der Waals surface area (Å²) >= 11 is 0. The first-order valence-corrected chi connectivity index (χ1v) is 7.30. The largest absolute Gasteiger partial charge is 0.444 e. The van der Waals surface area contributed by atoms with Gasteiger partial charge in [-0.05, 0) is 39.3 Å². The topological polar surface area (TPSA) is 42.4 Å². The number of amides is 1. The highest BCUT2D eigenvalue weighted by Gasteiger charge is 2.21. The van der Waals surface area contributed by atoms with Crippen molar-refractivity contribution in [1.29, 1.82) is 0 Å². The number of carbonyl (C=O) groups is 1. The van der Waals surface area contributed by atoms with E-state index in [9.17, 15) is 4.79 Å². The van der Waals surface area contributed by atoms with Gasteiger partial charge in [0.2, 0.25) is 0 Å². The molecule has 0 atom stereocenters. The van der Waals surface area contributed by atoms with Crippen LogP contribution in [0.2, 0.25) is 0 Å². The summed E-state index contributed by atoms with van der Waals surface area (Å²) in [6.07, 6.45) is 4.34. The summed E-state index contributed by atoms with van der Waals surface area (Å²) in [5, 5.41) is 0. The van der Waals surface area contributed by atoms with Crippen molar-refractivity contribution < 1.29 is 9.53 Å². The van der Waals surface area contributed by atoms with E-state index in [-0.39, 0.29) is 6.09 Å². The van der Waals surface area contributed by atoms with Crippen LogP contribution in [0.4, 0.5) is 4.79 Å². The highest BCUT2D eigenvalue weighted by molar-refractivity contribution is 5.68. The molecule has 0 saturated carbocycles. The van der Waals surface area contributed by atoms with E-state index in [4.69, 9.17) is 4.74 Å². The van der Waals surface area contributed by atoms with E-state index in [1.165, 1.54) is 0 Å². The second kappa shape index (κ2) is 7.88. The number of ether oxygens (including phenoxy) is 1. The average Bonchev–Trinajstić information content (AvgIpc) is 2.38. The maximum absolute atomic E-state index is 12.2. The van der Waals surface area contributed by atoms with Crippen LogP contribution in [-0.2, 0) is 11.2 Å². The molecule has 0 aliphatic carbocycles. The molecule has 112 valence electrons. The van der Waals surface area contributed by atoms with E-state index in [2.05, 4.69) is 11.9 Å². The summed E-state index contributed by atoms with van der Waals surface area (Å²) in [5.74, 6) is 0. The van der Waals surface area contributed by atoms with Crippen molar-refractivity contribution in [3.63, 3.8) is 0 Å². The number of carbonyl (C=O) groups excluding carboxylic acids is 1. The number of nitrogens with zero attached hydrogens (tertiary/aromatic N) is 2. The van der Waals surface area contributed by atoms with E-state index in [1.54, 1.807) is 11.1 Å². The highest BCUT2D eigenvalue weighted by Crippen LogP contribution is 2.11. The van der Waals surface area contributed by atoms with Crippen LogP contribution in [0.1, 0.15) is 46.2 Å². The first-order valence-electron chi connectivity index (χ1n) is 7.30. The van der Waals surface area contributed by atoms with Crippen molar-refractivity contribution in [2.45, 2.75) is 52.6 Å². The molecule has 0 unspecified atom stereocenters. The van der Waals surface area contributed by atoms with Crippen molar-refractivity contribution >= 4 is 6.09 Å². The molecule has 1 aromatic rings. The van der Waals surface area contributed by atoms with Gasteiger partial charge in [-0.15, -0.1) is 0 Å². The van der Waals surface area contributed by atoms with Crippen molar-refractivity contribution in [2.24, 2.45) is 0 Å². The Bertz CT molecular complexity index is 399. The van der Waals surface area contributed by atoms with Gasteiger partial charge < -0.3 is 9.64 Å². The van der Waals surface area contributed by atoms with E-state index < -0.39 is 5.60 Å². The minimum Gasteiger partial charge on any atom is -0.444 e. The summed E-state index contributed by atoms with van der Waals surface area (Å²) in [7, 11) is 0. The molecule has 0 aromatic carbocycles. The third kappa shape index (κ3) is 6.55. The van der Waals surface area contributed by atoms with Crippen LogP contribution in [-0.4, -0.2) is 34.7 Å². The Morgan fingerprint density at radius 1 is 1.30 bits per heavy atom. The van der Waals surface area contributed by atoms with E-state index in [0.717, 1.165) is 31.5 Å². The molecule has 0 spiro atoms. The zero-order chi connectivity index (χ0) is 15.0. The molecule has 0 bridgehead atoms. The third-order valence-electron chi connectivity index (χ3n) is 2.80. The molecular weight excluding hydrogens is 252 g/mol. The smallest absolute Gasteiger partial charge is 0.410 e. The van der Waals surface area contributed by atoms with Crippen LogP contribution in [0, 0.1) is 0 Å². The fraction of sp³-hybridized carbons (Fsp3) is 0.625. The predicted molar refractivity (Wildman–Crippen MR) is 80.7 cm³/mol. The standard InChI is InChI=1S/C16H26N2O2/c1-5-6-12-18(15(19)20-16(2,3)4)13-10-14-9-7-8-11-17-14/h7-9,11H,5-6,10,12-13H2,1-4H3. The van der Waals surface area contributed by atoms with E-state index in [1.807, 2.05) is 39.0 Å². The zero-order valence-corrected chi connectivity index (χ0v) is 13.1. The number of rotatable bonds is 6. The lowest BCUT2D eigenvalue weighted by molar-refractivity contribution is 0.0249. The predicted octanol–water partition coefficient (Wildman–Crippen LogP) is 3.66. The van der Waals surface area contributed by atoms with Gasteiger partial charge in [-0.3, -0.25) is 4.98 Å². The number of unbranched alkanes of at least 4 members (excludes halogenated alkanes) is 1. The molecule has 4 nitrogen and oxygen atoms in total. The molecule has 0 radical (unpaired) electrons. The normalized spacial score (nSPS) is 11.2. The molecular formula is C16H26N2O2. The Morgan fingerprint density at radius 3 is 2.60 bits per heavy atom. The molecule has 0 saturated heterocycles. The Labute approximate surface area is 122 Å². The molecule has 0 aliphatic heterocycles. The number of hydrogen-bond acceptors (Lipinski definition) is 3. The van der Waals surface area contributed by atoms with E-state index in [0.29, 0.717) is 6.54 Å². The minimum absolute atomic E-state index is 0.234. The summed E-state index contributed by atoms with van der Waals surface area (Å²) in [6.45, 7) is 9.17. The maximum atomic E-state index is 12.2. The lowest BCUT2D eigenvalue weighted by atomic mass is 10.2. The van der Waals surface area contributed by atoms with Crippen molar-refractivity contribution in [3.05, 3.63) is 30.1 Å². The molecule has 0 N–H and O–H groups in total. The van der Waals surface area contributed by atoms with Crippen LogP contribution < -0.4 is 0 Å². The SMILES string of the molecule is CCCCN(CCc1ccccn1)C(=O)OC(C)(C)C. The van der Waals surface area contributed by atoms with Gasteiger partial charge in [0.1, 0.15) is 5.60 Å². The first-order chi connectivity index (χ1) is 9.42. The number of aromatic nitrogens is 1. The lowest BCUT2D eigenvalue weighted by Crippen LogP contribution is -2.38. The van der Waals surface area contributed by atoms with Gasteiger partial charge in [0.15, 0.2) is 0 Å². The van der Waals surface area contributed by atoms with Crippen LogP contribution in [0.15, 0.2) is 24.4 Å². The summed E-state index contributed by atoms with van der Waals surface area (Å²) in [6, 6.07) is 5.84. The molecule has 1 aromatic heterocycles. The zero-order valence-electron chi connectivity index (χ0n) is 13.1. The van der Waals surface area contributed by atoms with Crippen LogP contribution in [0.25, 0.3) is 0 Å². The number of pyridine rings is 1. The van der Waals surface area contributed by atoms with Gasteiger partial charge in [-0.25, -0.2) is 4.79 Å².